The van der Waals surface area contributed by atoms with E-state index in [1.165, 1.54) is 0 Å². The molecule has 1 nitrogen and oxygen atoms in total. The van der Waals surface area contributed by atoms with E-state index in [1.807, 2.05) is 37.3 Å². The lowest BCUT2D eigenvalue weighted by Crippen LogP contribution is -2.38. The maximum atomic E-state index is 12.6. The molecule has 1 aromatic carbocycles. The number of nitrogens with one attached hydrogen (secondary N) is 1. The summed E-state index contributed by atoms with van der Waals surface area (Å²) >= 11 is 0. The lowest BCUT2D eigenvalue weighted by atomic mass is 9.78. The monoisotopic (exact) mass is 301 g/mol. The Hall–Kier alpha value is -1.03. The van der Waals surface area contributed by atoms with Gasteiger partial charge in [0.05, 0.1) is 0 Å². The van der Waals surface area contributed by atoms with Gasteiger partial charge in [-0.2, -0.15) is 13.2 Å². The van der Waals surface area contributed by atoms with Crippen LogP contribution in [0, 0.1) is 5.92 Å². The first kappa shape index (κ1) is 18.0. The molecule has 0 saturated heterocycles. The quantitative estimate of drug-likeness (QED) is 0.701. The average molecular weight is 301 g/mol. The normalized spacial score (nSPS) is 16.5. The van der Waals surface area contributed by atoms with Crippen LogP contribution in [0.5, 0.6) is 0 Å². The Morgan fingerprint density at radius 2 is 1.71 bits per heavy atom. The van der Waals surface area contributed by atoms with Crippen LogP contribution in [0.3, 0.4) is 0 Å². The van der Waals surface area contributed by atoms with Crippen LogP contribution in [-0.4, -0.2) is 18.8 Å². The highest BCUT2D eigenvalue weighted by Gasteiger charge is 2.32. The molecule has 0 bridgehead atoms. The van der Waals surface area contributed by atoms with E-state index in [9.17, 15) is 13.2 Å². The summed E-state index contributed by atoms with van der Waals surface area (Å²) < 4.78 is 37.7. The van der Waals surface area contributed by atoms with Crippen LogP contribution < -0.4 is 5.32 Å². The molecule has 3 atom stereocenters. The molecule has 21 heavy (non-hydrogen) atoms. The molecule has 0 saturated carbocycles. The first-order valence-corrected chi connectivity index (χ1v) is 7.74. The maximum Gasteiger partial charge on any atom is 0.389 e. The van der Waals surface area contributed by atoms with Gasteiger partial charge in [0.15, 0.2) is 0 Å². The van der Waals surface area contributed by atoms with E-state index in [1.54, 1.807) is 0 Å². The van der Waals surface area contributed by atoms with E-state index in [-0.39, 0.29) is 18.4 Å². The van der Waals surface area contributed by atoms with Crippen molar-refractivity contribution in [2.24, 2.45) is 5.92 Å². The van der Waals surface area contributed by atoms with E-state index in [0.717, 1.165) is 12.0 Å². The number of benzene rings is 1. The molecule has 3 unspecified atom stereocenters. The van der Waals surface area contributed by atoms with Gasteiger partial charge < -0.3 is 5.32 Å². The molecule has 0 aliphatic carbocycles. The van der Waals surface area contributed by atoms with Crippen molar-refractivity contribution in [3.63, 3.8) is 0 Å². The molecule has 0 radical (unpaired) electrons. The van der Waals surface area contributed by atoms with Gasteiger partial charge in [0, 0.05) is 18.4 Å². The van der Waals surface area contributed by atoms with Gasteiger partial charge in [-0.3, -0.25) is 0 Å². The van der Waals surface area contributed by atoms with Crippen molar-refractivity contribution in [1.29, 1.82) is 0 Å². The van der Waals surface area contributed by atoms with Gasteiger partial charge in [0.25, 0.3) is 0 Å². The topological polar surface area (TPSA) is 12.0 Å². The second-order valence-electron chi connectivity index (χ2n) is 5.64. The molecule has 1 rings (SSSR count). The van der Waals surface area contributed by atoms with Crippen molar-refractivity contribution in [1.82, 2.24) is 5.32 Å². The van der Waals surface area contributed by atoms with Gasteiger partial charge in [-0.15, -0.1) is 0 Å². The zero-order chi connectivity index (χ0) is 15.9. The SMILES string of the molecule is CCNC(CCC(F)(F)F)C(c1ccccc1)C(C)CC. The molecule has 0 aromatic heterocycles. The van der Waals surface area contributed by atoms with E-state index < -0.39 is 12.6 Å². The largest absolute Gasteiger partial charge is 0.389 e. The molecule has 0 amide bonds. The molecule has 0 aliphatic heterocycles. The van der Waals surface area contributed by atoms with E-state index in [4.69, 9.17) is 0 Å². The first-order valence-electron chi connectivity index (χ1n) is 7.74. The zero-order valence-electron chi connectivity index (χ0n) is 13.1. The first-order chi connectivity index (χ1) is 9.89. The van der Waals surface area contributed by atoms with Crippen molar-refractivity contribution < 1.29 is 13.2 Å². The predicted molar refractivity (Wildman–Crippen MR) is 81.4 cm³/mol. The predicted octanol–water partition coefficient (Wildman–Crippen LogP) is 5.14. The van der Waals surface area contributed by atoms with Crippen molar-refractivity contribution in [3.05, 3.63) is 35.9 Å². The Balaban J connectivity index is 2.95. The number of hydrogen-bond acceptors (Lipinski definition) is 1. The fourth-order valence-corrected chi connectivity index (χ4v) is 2.88. The highest BCUT2D eigenvalue weighted by atomic mass is 19.4. The second kappa shape index (κ2) is 8.42. The van der Waals surface area contributed by atoms with Crippen molar-refractivity contribution in [2.75, 3.05) is 6.54 Å². The molecule has 1 aromatic rings. The van der Waals surface area contributed by atoms with E-state index in [0.29, 0.717) is 12.5 Å². The Labute approximate surface area is 125 Å². The van der Waals surface area contributed by atoms with Gasteiger partial charge in [0.2, 0.25) is 0 Å². The molecule has 0 heterocycles. The molecule has 120 valence electrons. The fourth-order valence-electron chi connectivity index (χ4n) is 2.88. The van der Waals surface area contributed by atoms with Crippen molar-refractivity contribution in [3.8, 4) is 0 Å². The second-order valence-corrected chi connectivity index (χ2v) is 5.64. The summed E-state index contributed by atoms with van der Waals surface area (Å²) in [5.41, 5.74) is 1.12. The number of rotatable bonds is 8. The average Bonchev–Trinajstić information content (AvgIpc) is 2.45. The summed E-state index contributed by atoms with van der Waals surface area (Å²) in [7, 11) is 0. The highest BCUT2D eigenvalue weighted by molar-refractivity contribution is 5.22. The highest BCUT2D eigenvalue weighted by Crippen LogP contribution is 2.34. The summed E-state index contributed by atoms with van der Waals surface area (Å²) in [4.78, 5) is 0. The summed E-state index contributed by atoms with van der Waals surface area (Å²) in [5.74, 6) is 0.447. The molecular formula is C17H26F3N. The van der Waals surface area contributed by atoms with Crippen LogP contribution in [0.1, 0.15) is 51.5 Å². The zero-order valence-corrected chi connectivity index (χ0v) is 13.1. The Kier molecular flexibility index (Phi) is 7.23. The standard InChI is InChI=1S/C17H26F3N/c1-4-13(3)16(14-9-7-6-8-10-14)15(21-5-2)11-12-17(18,19)20/h6-10,13,15-16,21H,4-5,11-12H2,1-3H3. The number of hydrogen-bond donors (Lipinski definition) is 1. The number of likely N-dealkylation sites (N-methyl/N-ethyl adjacent to an activating group) is 1. The van der Waals surface area contributed by atoms with E-state index in [2.05, 4.69) is 19.2 Å². The van der Waals surface area contributed by atoms with Gasteiger partial charge in [0.1, 0.15) is 0 Å². The third-order valence-electron chi connectivity index (χ3n) is 4.08. The van der Waals surface area contributed by atoms with Crippen molar-refractivity contribution >= 4 is 0 Å². The Bertz CT molecular complexity index is 389. The summed E-state index contributed by atoms with van der Waals surface area (Å²) in [6.07, 6.45) is -3.75. The Morgan fingerprint density at radius 3 is 2.19 bits per heavy atom. The fraction of sp³-hybridized carbons (Fsp3) is 0.647. The van der Waals surface area contributed by atoms with Crippen LogP contribution in [-0.2, 0) is 0 Å². The van der Waals surface area contributed by atoms with Crippen LogP contribution in [0.2, 0.25) is 0 Å². The van der Waals surface area contributed by atoms with Crippen LogP contribution >= 0.6 is 0 Å². The van der Waals surface area contributed by atoms with Gasteiger partial charge >= 0.3 is 6.18 Å². The maximum absolute atomic E-state index is 12.6. The molecule has 0 fully saturated rings. The molecular weight excluding hydrogens is 275 g/mol. The van der Waals surface area contributed by atoms with Crippen LogP contribution in [0.25, 0.3) is 0 Å². The molecule has 0 spiro atoms. The van der Waals surface area contributed by atoms with Crippen LogP contribution in [0.15, 0.2) is 30.3 Å². The lowest BCUT2D eigenvalue weighted by Gasteiger charge is -2.33. The molecule has 1 N–H and O–H groups in total. The number of halogens is 3. The molecule has 4 heteroatoms. The summed E-state index contributed by atoms with van der Waals surface area (Å²) in [6.45, 7) is 6.84. The third-order valence-corrected chi connectivity index (χ3v) is 4.08. The summed E-state index contributed by atoms with van der Waals surface area (Å²) in [5, 5.41) is 3.27. The lowest BCUT2D eigenvalue weighted by molar-refractivity contribution is -0.137. The minimum atomic E-state index is -4.09. The Morgan fingerprint density at radius 1 is 1.10 bits per heavy atom. The van der Waals surface area contributed by atoms with Crippen LogP contribution in [0.4, 0.5) is 13.2 Å². The minimum absolute atomic E-state index is 0.110. The van der Waals surface area contributed by atoms with Crippen molar-refractivity contribution in [2.45, 2.75) is 58.2 Å². The number of alkyl halides is 3. The smallest absolute Gasteiger partial charge is 0.314 e. The third kappa shape index (κ3) is 6.08. The van der Waals surface area contributed by atoms with E-state index >= 15 is 0 Å². The van der Waals surface area contributed by atoms with Gasteiger partial charge in [-0.05, 0) is 24.4 Å². The van der Waals surface area contributed by atoms with Gasteiger partial charge in [-0.1, -0.05) is 57.5 Å². The molecule has 0 aliphatic rings. The summed E-state index contributed by atoms with van der Waals surface area (Å²) in [6, 6.07) is 9.75. The minimum Gasteiger partial charge on any atom is -0.314 e. The van der Waals surface area contributed by atoms with Gasteiger partial charge in [-0.25, -0.2) is 0 Å².